The summed E-state index contributed by atoms with van der Waals surface area (Å²) in [7, 11) is 0. The zero-order chi connectivity index (χ0) is 27.2. The molecule has 2 amide bonds. The zero-order valence-corrected chi connectivity index (χ0v) is 22.1. The number of carbonyl (C=O) groups excluding carboxylic acids is 2. The molecule has 2 aromatic rings. The molecule has 1 saturated heterocycles. The second kappa shape index (κ2) is 9.98. The van der Waals surface area contributed by atoms with Crippen LogP contribution in [0.1, 0.15) is 55.6 Å². The minimum atomic E-state index is -1.31. The summed E-state index contributed by atoms with van der Waals surface area (Å²) < 4.78 is 15.8. The molecule has 2 heterocycles. The van der Waals surface area contributed by atoms with Gasteiger partial charge in [-0.15, -0.1) is 0 Å². The molecule has 0 radical (unpaired) electrons. The van der Waals surface area contributed by atoms with Gasteiger partial charge in [-0.3, -0.25) is 14.9 Å². The summed E-state index contributed by atoms with van der Waals surface area (Å²) in [6.45, 7) is 3.54. The minimum absolute atomic E-state index is 0.0330. The molecule has 10 heteroatoms. The Balaban J connectivity index is 1.68. The molecule has 38 heavy (non-hydrogen) atoms. The van der Waals surface area contributed by atoms with Gasteiger partial charge in [-0.1, -0.05) is 67.2 Å². The van der Waals surface area contributed by atoms with Crippen molar-refractivity contribution < 1.29 is 23.9 Å². The van der Waals surface area contributed by atoms with E-state index in [0.717, 1.165) is 19.3 Å². The SMILES string of the molecule is C=C(CCNC(=O)[C@@H]1NC2(CCCCC2)[C@@]2(C(=O)Nc3cc(Cl)ccc32)[C@H]1c1cccc(Cl)c1F)C(=O)O. The first-order valence-corrected chi connectivity index (χ1v) is 13.4. The van der Waals surface area contributed by atoms with E-state index in [0.29, 0.717) is 29.1 Å². The second-order valence-corrected chi connectivity index (χ2v) is 11.1. The van der Waals surface area contributed by atoms with Crippen molar-refractivity contribution in [1.29, 1.82) is 0 Å². The number of carboxylic acid groups (broad SMARTS) is 1. The average molecular weight is 560 g/mol. The van der Waals surface area contributed by atoms with Crippen molar-refractivity contribution in [1.82, 2.24) is 10.6 Å². The molecule has 3 aliphatic rings. The Morgan fingerprint density at radius 2 is 1.89 bits per heavy atom. The van der Waals surface area contributed by atoms with Gasteiger partial charge >= 0.3 is 5.97 Å². The summed E-state index contributed by atoms with van der Waals surface area (Å²) in [4.78, 5) is 39.1. The lowest BCUT2D eigenvalue weighted by molar-refractivity contribution is -0.133. The first-order chi connectivity index (χ1) is 18.1. The number of hydrogen-bond donors (Lipinski definition) is 4. The average Bonchev–Trinajstić information content (AvgIpc) is 3.33. The van der Waals surface area contributed by atoms with Crippen LogP contribution in [0.2, 0.25) is 10.0 Å². The first-order valence-electron chi connectivity index (χ1n) is 12.6. The number of carbonyl (C=O) groups is 3. The summed E-state index contributed by atoms with van der Waals surface area (Å²) in [6.07, 6.45) is 3.92. The van der Waals surface area contributed by atoms with Crippen LogP contribution in [-0.2, 0) is 19.8 Å². The highest BCUT2D eigenvalue weighted by Crippen LogP contribution is 2.62. The molecular formula is C28H28Cl2FN3O4. The Labute approximate surface area is 229 Å². The minimum Gasteiger partial charge on any atom is -0.478 e. The van der Waals surface area contributed by atoms with Crippen LogP contribution in [-0.4, -0.2) is 41.0 Å². The van der Waals surface area contributed by atoms with Crippen LogP contribution in [0.15, 0.2) is 48.6 Å². The van der Waals surface area contributed by atoms with Crippen molar-refractivity contribution in [2.75, 3.05) is 11.9 Å². The van der Waals surface area contributed by atoms with Gasteiger partial charge < -0.3 is 15.7 Å². The zero-order valence-electron chi connectivity index (χ0n) is 20.6. The monoisotopic (exact) mass is 559 g/mol. The quantitative estimate of drug-likeness (QED) is 0.375. The topological polar surface area (TPSA) is 108 Å². The molecule has 2 fully saturated rings. The summed E-state index contributed by atoms with van der Waals surface area (Å²) in [6, 6.07) is 8.80. The molecule has 3 atom stereocenters. The fourth-order valence-corrected chi connectivity index (χ4v) is 7.13. The van der Waals surface area contributed by atoms with Crippen LogP contribution < -0.4 is 16.0 Å². The normalized spacial score (nSPS) is 25.3. The number of hydrogen-bond acceptors (Lipinski definition) is 4. The first kappa shape index (κ1) is 26.7. The molecule has 0 aromatic heterocycles. The Bertz CT molecular complexity index is 1340. The number of aliphatic carboxylic acids is 1. The van der Waals surface area contributed by atoms with E-state index >= 15 is 4.39 Å². The number of amides is 2. The largest absolute Gasteiger partial charge is 0.478 e. The highest BCUT2D eigenvalue weighted by atomic mass is 35.5. The van der Waals surface area contributed by atoms with Crippen molar-refractivity contribution in [2.45, 2.75) is 61.4 Å². The summed E-state index contributed by atoms with van der Waals surface area (Å²) in [5.74, 6) is -3.53. The van der Waals surface area contributed by atoms with Crippen molar-refractivity contribution >= 4 is 46.7 Å². The van der Waals surface area contributed by atoms with Crippen molar-refractivity contribution in [3.63, 3.8) is 0 Å². The number of benzene rings is 2. The molecule has 4 N–H and O–H groups in total. The maximum absolute atomic E-state index is 15.8. The van der Waals surface area contributed by atoms with Gasteiger partial charge in [0.15, 0.2) is 0 Å². The Morgan fingerprint density at radius 1 is 1.16 bits per heavy atom. The summed E-state index contributed by atoms with van der Waals surface area (Å²) in [5, 5.41) is 18.8. The van der Waals surface area contributed by atoms with Gasteiger partial charge in [0.25, 0.3) is 0 Å². The number of rotatable bonds is 6. The van der Waals surface area contributed by atoms with Crippen molar-refractivity contribution in [3.8, 4) is 0 Å². The molecule has 0 unspecified atom stereocenters. The highest BCUT2D eigenvalue weighted by Gasteiger charge is 2.72. The molecule has 5 rings (SSSR count). The lowest BCUT2D eigenvalue weighted by Gasteiger charge is -2.47. The third-order valence-corrected chi connectivity index (χ3v) is 8.86. The fraction of sp³-hybridized carbons (Fsp3) is 0.393. The van der Waals surface area contributed by atoms with Gasteiger partial charge in [-0.25, -0.2) is 9.18 Å². The molecule has 200 valence electrons. The molecule has 0 bridgehead atoms. The van der Waals surface area contributed by atoms with Crippen LogP contribution >= 0.6 is 23.2 Å². The van der Waals surface area contributed by atoms with E-state index < -0.39 is 40.6 Å². The number of nitrogens with one attached hydrogen (secondary N) is 3. The second-order valence-electron chi connectivity index (χ2n) is 10.3. The number of anilines is 1. The van der Waals surface area contributed by atoms with Crippen LogP contribution in [0.25, 0.3) is 0 Å². The molecule has 1 saturated carbocycles. The molecule has 2 spiro atoms. The number of carboxylic acids is 1. The van der Waals surface area contributed by atoms with E-state index in [2.05, 4.69) is 22.5 Å². The molecule has 2 aliphatic heterocycles. The summed E-state index contributed by atoms with van der Waals surface area (Å²) >= 11 is 12.5. The third kappa shape index (κ3) is 4.01. The van der Waals surface area contributed by atoms with E-state index in [-0.39, 0.29) is 35.0 Å². The van der Waals surface area contributed by atoms with E-state index in [1.54, 1.807) is 30.3 Å². The van der Waals surface area contributed by atoms with Crippen molar-refractivity contribution in [3.05, 3.63) is 75.5 Å². The Morgan fingerprint density at radius 3 is 2.61 bits per heavy atom. The van der Waals surface area contributed by atoms with Gasteiger partial charge in [0.2, 0.25) is 11.8 Å². The van der Waals surface area contributed by atoms with Gasteiger partial charge in [0.05, 0.1) is 11.1 Å². The van der Waals surface area contributed by atoms with Gasteiger partial charge in [0.1, 0.15) is 11.2 Å². The van der Waals surface area contributed by atoms with E-state index in [1.807, 2.05) is 0 Å². The molecule has 1 aliphatic carbocycles. The van der Waals surface area contributed by atoms with Gasteiger partial charge in [-0.05, 0) is 48.6 Å². The van der Waals surface area contributed by atoms with Gasteiger partial charge in [0, 0.05) is 34.3 Å². The lowest BCUT2D eigenvalue weighted by atomic mass is 9.55. The molecule has 7 nitrogen and oxygen atoms in total. The van der Waals surface area contributed by atoms with E-state index in [4.69, 9.17) is 28.3 Å². The van der Waals surface area contributed by atoms with Crippen LogP contribution in [0.3, 0.4) is 0 Å². The standard InChI is InChI=1S/C28H28Cl2FN3O4/c1-15(25(36)37)10-13-32-24(35)23-21(17-6-5-7-19(30)22(17)31)28(27(34-23)11-3-2-4-12-27)18-9-8-16(29)14-20(18)33-26(28)38/h5-9,14,21,23,34H,1-4,10-13H2,(H,32,35)(H,33,38)(H,36,37)/t21-,23+,28+/m0/s1. The highest BCUT2D eigenvalue weighted by molar-refractivity contribution is 6.31. The Hall–Kier alpha value is -2.94. The van der Waals surface area contributed by atoms with Crippen LogP contribution in [0, 0.1) is 5.82 Å². The smallest absolute Gasteiger partial charge is 0.331 e. The molecule has 2 aromatic carbocycles. The molecular weight excluding hydrogens is 532 g/mol. The number of fused-ring (bicyclic) bond motifs is 3. The Kier molecular flexibility index (Phi) is 7.00. The predicted octanol–water partition coefficient (Wildman–Crippen LogP) is 4.93. The van der Waals surface area contributed by atoms with Crippen LogP contribution in [0.4, 0.5) is 10.1 Å². The third-order valence-electron chi connectivity index (χ3n) is 8.33. The van der Waals surface area contributed by atoms with Crippen LogP contribution in [0.5, 0.6) is 0 Å². The maximum atomic E-state index is 15.8. The maximum Gasteiger partial charge on any atom is 0.331 e. The summed E-state index contributed by atoms with van der Waals surface area (Å²) in [5.41, 5.74) is -0.809. The van der Waals surface area contributed by atoms with E-state index in [9.17, 15) is 14.4 Å². The number of halogens is 3. The predicted molar refractivity (Wildman–Crippen MR) is 143 cm³/mol. The van der Waals surface area contributed by atoms with Crippen molar-refractivity contribution in [2.24, 2.45) is 0 Å². The fourth-order valence-electron chi connectivity index (χ4n) is 6.77. The lowest BCUT2D eigenvalue weighted by Crippen LogP contribution is -2.60. The van der Waals surface area contributed by atoms with E-state index in [1.165, 1.54) is 6.07 Å². The van der Waals surface area contributed by atoms with Gasteiger partial charge in [-0.2, -0.15) is 0 Å².